The van der Waals surface area contributed by atoms with Gasteiger partial charge in [0.2, 0.25) is 14.9 Å². The van der Waals surface area contributed by atoms with E-state index in [-0.39, 0.29) is 21.8 Å². The van der Waals surface area contributed by atoms with E-state index in [9.17, 15) is 13.2 Å². The molecule has 1 atom stereocenters. The molecule has 30 heavy (non-hydrogen) atoms. The van der Waals surface area contributed by atoms with Gasteiger partial charge in [0.05, 0.1) is 10.9 Å². The fraction of sp³-hybridized carbons (Fsp3) is 0.261. The zero-order valence-corrected chi connectivity index (χ0v) is 17.3. The van der Waals surface area contributed by atoms with Crippen LogP contribution in [0.5, 0.6) is 0 Å². The fourth-order valence-electron chi connectivity index (χ4n) is 3.77. The Hall–Kier alpha value is -2.90. The van der Waals surface area contributed by atoms with Crippen LogP contribution in [0.1, 0.15) is 35.0 Å². The van der Waals surface area contributed by atoms with Crippen LogP contribution >= 0.6 is 0 Å². The van der Waals surface area contributed by atoms with Gasteiger partial charge in [-0.1, -0.05) is 48.5 Å². The second kappa shape index (κ2) is 8.85. The molecule has 6 nitrogen and oxygen atoms in total. The number of hydrogen-bond donors (Lipinski definition) is 1. The molecule has 4 rings (SSSR count). The molecule has 0 radical (unpaired) electrons. The van der Waals surface area contributed by atoms with E-state index in [1.165, 1.54) is 24.3 Å². The minimum Gasteiger partial charge on any atom is -0.439 e. The number of benzene rings is 2. The third-order valence-electron chi connectivity index (χ3n) is 5.35. The Morgan fingerprint density at radius 1 is 0.933 bits per heavy atom. The lowest BCUT2D eigenvalue weighted by molar-refractivity contribution is 0.0905. The van der Waals surface area contributed by atoms with E-state index in [0.717, 1.165) is 31.5 Å². The average Bonchev–Trinajstić information content (AvgIpc) is 3.48. The Bertz CT molecular complexity index is 1090. The van der Waals surface area contributed by atoms with Crippen LogP contribution in [0.3, 0.4) is 0 Å². The number of hydrogen-bond acceptors (Lipinski definition) is 5. The first-order chi connectivity index (χ1) is 14.6. The number of sulfone groups is 1. The van der Waals surface area contributed by atoms with Gasteiger partial charge in [0.25, 0.3) is 5.91 Å². The van der Waals surface area contributed by atoms with Crippen molar-refractivity contribution in [3.05, 3.63) is 84.1 Å². The third-order valence-corrected chi connectivity index (χ3v) is 6.99. The fourth-order valence-corrected chi connectivity index (χ4v) is 4.96. The Morgan fingerprint density at radius 3 is 2.23 bits per heavy atom. The molecule has 1 fully saturated rings. The van der Waals surface area contributed by atoms with Crippen LogP contribution in [0.2, 0.25) is 0 Å². The summed E-state index contributed by atoms with van der Waals surface area (Å²) in [5.74, 6) is -0.442. The van der Waals surface area contributed by atoms with Crippen molar-refractivity contribution in [3.8, 4) is 0 Å². The second-order valence-corrected chi connectivity index (χ2v) is 9.20. The molecule has 1 aromatic heterocycles. The van der Waals surface area contributed by atoms with Gasteiger partial charge < -0.3 is 9.73 Å². The maximum atomic E-state index is 12.7. The second-order valence-electron chi connectivity index (χ2n) is 7.31. The predicted molar refractivity (Wildman–Crippen MR) is 113 cm³/mol. The van der Waals surface area contributed by atoms with E-state index in [4.69, 9.17) is 4.42 Å². The molecule has 156 valence electrons. The Kier molecular flexibility index (Phi) is 6.01. The standard InChI is InChI=1S/C23H24N2O4S/c26-23(21-13-14-22(29-21)30(27,28)19-11-5-2-6-12-19)24-17-20(25-15-7-8-16-25)18-9-3-1-4-10-18/h1-6,9-14,20H,7-8,15-17H2,(H,24,26). The van der Waals surface area contributed by atoms with Crippen molar-refractivity contribution in [2.75, 3.05) is 19.6 Å². The van der Waals surface area contributed by atoms with Crippen molar-refractivity contribution >= 4 is 15.7 Å². The monoisotopic (exact) mass is 424 g/mol. The van der Waals surface area contributed by atoms with E-state index in [1.54, 1.807) is 18.2 Å². The summed E-state index contributed by atoms with van der Waals surface area (Å²) in [5, 5.41) is 2.67. The number of carbonyl (C=O) groups excluding carboxylic acids is 1. The van der Waals surface area contributed by atoms with Crippen molar-refractivity contribution in [2.45, 2.75) is 28.9 Å². The number of carbonyl (C=O) groups is 1. The molecule has 2 aromatic carbocycles. The number of likely N-dealkylation sites (tertiary alicyclic amines) is 1. The van der Waals surface area contributed by atoms with Gasteiger partial charge in [0.15, 0.2) is 5.76 Å². The van der Waals surface area contributed by atoms with Crippen LogP contribution in [0.4, 0.5) is 0 Å². The molecule has 0 saturated carbocycles. The highest BCUT2D eigenvalue weighted by atomic mass is 32.2. The van der Waals surface area contributed by atoms with Gasteiger partial charge in [-0.25, -0.2) is 8.42 Å². The number of furan rings is 1. The molecule has 2 heterocycles. The molecular formula is C23H24N2O4S. The first-order valence-corrected chi connectivity index (χ1v) is 11.5. The van der Waals surface area contributed by atoms with Gasteiger partial charge in [-0.3, -0.25) is 9.69 Å². The zero-order valence-electron chi connectivity index (χ0n) is 16.5. The normalized spacial score (nSPS) is 15.7. The lowest BCUT2D eigenvalue weighted by atomic mass is 10.1. The minimum absolute atomic E-state index is 0.0160. The van der Waals surface area contributed by atoms with Crippen LogP contribution in [-0.2, 0) is 9.84 Å². The van der Waals surface area contributed by atoms with Crippen molar-refractivity contribution in [1.82, 2.24) is 10.2 Å². The van der Waals surface area contributed by atoms with Gasteiger partial charge in [-0.2, -0.15) is 0 Å². The quantitative estimate of drug-likeness (QED) is 0.626. The summed E-state index contributed by atoms with van der Waals surface area (Å²) < 4.78 is 30.7. The zero-order chi connectivity index (χ0) is 21.0. The summed E-state index contributed by atoms with van der Waals surface area (Å²) in [5.41, 5.74) is 1.14. The summed E-state index contributed by atoms with van der Waals surface area (Å²) in [6.07, 6.45) is 2.30. The summed E-state index contributed by atoms with van der Waals surface area (Å²) in [6, 6.07) is 20.9. The highest BCUT2D eigenvalue weighted by Crippen LogP contribution is 2.25. The molecule has 7 heteroatoms. The smallest absolute Gasteiger partial charge is 0.287 e. The molecule has 0 spiro atoms. The van der Waals surface area contributed by atoms with Crippen LogP contribution < -0.4 is 5.32 Å². The van der Waals surface area contributed by atoms with Crippen LogP contribution in [0.25, 0.3) is 0 Å². The number of rotatable bonds is 7. The molecule has 1 N–H and O–H groups in total. The van der Waals surface area contributed by atoms with E-state index in [1.807, 2.05) is 18.2 Å². The minimum atomic E-state index is -3.79. The first-order valence-electron chi connectivity index (χ1n) is 10.0. The lowest BCUT2D eigenvalue weighted by Gasteiger charge is -2.28. The first kappa shape index (κ1) is 20.4. The Labute approximate surface area is 176 Å². The highest BCUT2D eigenvalue weighted by molar-refractivity contribution is 7.91. The van der Waals surface area contributed by atoms with Gasteiger partial charge in [0, 0.05) is 6.54 Å². The molecular weight excluding hydrogens is 400 g/mol. The molecule has 0 aliphatic carbocycles. The van der Waals surface area contributed by atoms with Crippen LogP contribution in [-0.4, -0.2) is 38.9 Å². The molecule has 1 unspecified atom stereocenters. The van der Waals surface area contributed by atoms with Crippen molar-refractivity contribution < 1.29 is 17.6 Å². The van der Waals surface area contributed by atoms with E-state index in [2.05, 4.69) is 22.3 Å². The number of nitrogens with one attached hydrogen (secondary N) is 1. The van der Waals surface area contributed by atoms with Crippen LogP contribution in [0.15, 0.2) is 87.2 Å². The summed E-state index contributed by atoms with van der Waals surface area (Å²) >= 11 is 0. The van der Waals surface area contributed by atoms with Gasteiger partial charge in [0.1, 0.15) is 0 Å². The van der Waals surface area contributed by atoms with Gasteiger partial charge in [-0.15, -0.1) is 0 Å². The van der Waals surface area contributed by atoms with E-state index >= 15 is 0 Å². The summed E-state index contributed by atoms with van der Waals surface area (Å²) in [7, 11) is -3.79. The SMILES string of the molecule is O=C(NCC(c1ccccc1)N1CCCC1)c1ccc(S(=O)(=O)c2ccccc2)o1. The molecule has 0 bridgehead atoms. The molecule has 3 aromatic rings. The Balaban J connectivity index is 1.47. The van der Waals surface area contributed by atoms with Crippen LogP contribution in [0, 0.1) is 0 Å². The largest absolute Gasteiger partial charge is 0.439 e. The number of amides is 1. The Morgan fingerprint density at radius 2 is 1.57 bits per heavy atom. The van der Waals surface area contributed by atoms with Gasteiger partial charge >= 0.3 is 0 Å². The average molecular weight is 425 g/mol. The molecule has 1 aliphatic rings. The van der Waals surface area contributed by atoms with E-state index in [0.29, 0.717) is 6.54 Å². The summed E-state index contributed by atoms with van der Waals surface area (Å²) in [4.78, 5) is 15.1. The highest BCUT2D eigenvalue weighted by Gasteiger charge is 2.26. The molecule has 1 amide bonds. The van der Waals surface area contributed by atoms with Crippen molar-refractivity contribution in [2.24, 2.45) is 0 Å². The molecule has 1 aliphatic heterocycles. The topological polar surface area (TPSA) is 79.6 Å². The van der Waals surface area contributed by atoms with Crippen molar-refractivity contribution in [1.29, 1.82) is 0 Å². The maximum absolute atomic E-state index is 12.7. The van der Waals surface area contributed by atoms with Crippen molar-refractivity contribution in [3.63, 3.8) is 0 Å². The lowest BCUT2D eigenvalue weighted by Crippen LogP contribution is -2.36. The molecule has 1 saturated heterocycles. The maximum Gasteiger partial charge on any atom is 0.287 e. The third kappa shape index (κ3) is 4.32. The van der Waals surface area contributed by atoms with E-state index < -0.39 is 15.7 Å². The van der Waals surface area contributed by atoms with Gasteiger partial charge in [-0.05, 0) is 55.8 Å². The summed E-state index contributed by atoms with van der Waals surface area (Å²) in [6.45, 7) is 2.41. The number of nitrogens with zero attached hydrogens (tertiary/aromatic N) is 1. The predicted octanol–water partition coefficient (Wildman–Crippen LogP) is 3.68.